The van der Waals surface area contributed by atoms with Crippen LogP contribution in [0.1, 0.15) is 55.3 Å². The second-order valence-corrected chi connectivity index (χ2v) is 9.65. The lowest BCUT2D eigenvalue weighted by Crippen LogP contribution is -2.47. The number of benzene rings is 1. The number of nitrogens with zero attached hydrogens (tertiary/aromatic N) is 4. The third kappa shape index (κ3) is 5.17. The van der Waals surface area contributed by atoms with Gasteiger partial charge in [0.15, 0.2) is 0 Å². The first-order chi connectivity index (χ1) is 15.9. The smallest absolute Gasteiger partial charge is 0.319 e. The van der Waals surface area contributed by atoms with Crippen molar-refractivity contribution in [2.45, 2.75) is 70.0 Å². The summed E-state index contributed by atoms with van der Waals surface area (Å²) in [7, 11) is 4.07. The monoisotopic (exact) mass is 471 g/mol. The molecule has 0 bridgehead atoms. The molecule has 1 fully saturated rings. The Balaban J connectivity index is 1.46. The van der Waals surface area contributed by atoms with Crippen molar-refractivity contribution in [2.24, 2.45) is 11.5 Å². The number of rotatable bonds is 6. The maximum Gasteiger partial charge on any atom is 0.319 e. The van der Waals surface area contributed by atoms with E-state index in [4.69, 9.17) is 33.0 Å². The van der Waals surface area contributed by atoms with Crippen LogP contribution in [0.4, 0.5) is 22.2 Å². The summed E-state index contributed by atoms with van der Waals surface area (Å²) in [5, 5.41) is 4.06. The molecule has 4 rings (SSSR count). The molecule has 2 aliphatic rings. The van der Waals surface area contributed by atoms with Gasteiger partial charge in [-0.15, -0.1) is 0 Å². The maximum absolute atomic E-state index is 12.4. The number of primary amides is 1. The Morgan fingerprint density at radius 3 is 2.55 bits per heavy atom. The van der Waals surface area contributed by atoms with Crippen LogP contribution in [0.3, 0.4) is 0 Å². The third-order valence-corrected chi connectivity index (χ3v) is 7.04. The summed E-state index contributed by atoms with van der Waals surface area (Å²) in [5.41, 5.74) is 15.6. The Hall–Kier alpha value is -2.58. The maximum atomic E-state index is 12.4. The van der Waals surface area contributed by atoms with Gasteiger partial charge in [0.25, 0.3) is 0 Å². The predicted octanol–water partition coefficient (Wildman–Crippen LogP) is 3.84. The number of nitrogens with one attached hydrogen (secondary N) is 1. The first kappa shape index (κ1) is 23.6. The minimum Gasteiger partial charge on any atom is -0.362 e. The van der Waals surface area contributed by atoms with E-state index in [0.29, 0.717) is 23.2 Å². The number of fused-ring (bicyclic) bond motifs is 1. The van der Waals surface area contributed by atoms with E-state index in [9.17, 15) is 4.79 Å². The van der Waals surface area contributed by atoms with E-state index in [1.54, 1.807) is 11.0 Å². The first-order valence-corrected chi connectivity index (χ1v) is 12.2. The molecule has 1 aromatic carbocycles. The van der Waals surface area contributed by atoms with Crippen LogP contribution in [-0.2, 0) is 19.4 Å². The molecule has 0 spiro atoms. The molecule has 1 aromatic heterocycles. The second-order valence-electron chi connectivity index (χ2n) is 9.25. The van der Waals surface area contributed by atoms with Crippen molar-refractivity contribution in [1.29, 1.82) is 0 Å². The molecular formula is C24H34ClN7O. The van der Waals surface area contributed by atoms with Gasteiger partial charge in [-0.05, 0) is 69.1 Å². The summed E-state index contributed by atoms with van der Waals surface area (Å²) in [5.74, 6) is 1.72. The van der Waals surface area contributed by atoms with Crippen molar-refractivity contribution in [3.63, 3.8) is 0 Å². The van der Waals surface area contributed by atoms with Crippen molar-refractivity contribution >= 4 is 35.1 Å². The number of halogens is 1. The molecule has 5 N–H and O–H groups in total. The molecule has 0 atom stereocenters. The van der Waals surface area contributed by atoms with Gasteiger partial charge in [0.1, 0.15) is 5.82 Å². The van der Waals surface area contributed by atoms with E-state index >= 15 is 0 Å². The summed E-state index contributed by atoms with van der Waals surface area (Å²) in [6, 6.07) is 5.26. The first-order valence-electron chi connectivity index (χ1n) is 11.8. The summed E-state index contributed by atoms with van der Waals surface area (Å²) >= 11 is 6.42. The largest absolute Gasteiger partial charge is 0.362 e. The Bertz CT molecular complexity index is 1000. The molecule has 2 aliphatic carbocycles. The summed E-state index contributed by atoms with van der Waals surface area (Å²) < 4.78 is 0. The fourth-order valence-electron chi connectivity index (χ4n) is 5.03. The molecule has 1 saturated carbocycles. The number of aromatic nitrogens is 2. The van der Waals surface area contributed by atoms with E-state index in [1.807, 2.05) is 26.2 Å². The number of hydrogen-bond donors (Lipinski definition) is 3. The van der Waals surface area contributed by atoms with Gasteiger partial charge >= 0.3 is 6.03 Å². The Morgan fingerprint density at radius 1 is 1.15 bits per heavy atom. The summed E-state index contributed by atoms with van der Waals surface area (Å²) in [6.07, 6.45) is 7.84. The lowest BCUT2D eigenvalue weighted by molar-refractivity contribution is 0.248. The number of anilines is 3. The average Bonchev–Trinajstić information content (AvgIpc) is 2.80. The van der Waals surface area contributed by atoms with Crippen LogP contribution in [0.15, 0.2) is 18.2 Å². The molecule has 0 aliphatic heterocycles. The topological polar surface area (TPSA) is 113 Å². The van der Waals surface area contributed by atoms with Crippen molar-refractivity contribution in [3.8, 4) is 0 Å². The van der Waals surface area contributed by atoms with Crippen LogP contribution in [0, 0.1) is 0 Å². The lowest BCUT2D eigenvalue weighted by atomic mass is 9.90. The number of hydrogen-bond acceptors (Lipinski definition) is 6. The van der Waals surface area contributed by atoms with Crippen LogP contribution in [0.2, 0.25) is 5.02 Å². The Morgan fingerprint density at radius 2 is 1.88 bits per heavy atom. The van der Waals surface area contributed by atoms with Crippen LogP contribution in [0.25, 0.3) is 0 Å². The van der Waals surface area contributed by atoms with Crippen molar-refractivity contribution in [2.75, 3.05) is 29.2 Å². The number of nitrogens with two attached hydrogens (primary N) is 2. The van der Waals surface area contributed by atoms with Crippen molar-refractivity contribution in [3.05, 3.63) is 40.0 Å². The highest BCUT2D eigenvalue weighted by Gasteiger charge is 2.31. The zero-order chi connectivity index (χ0) is 23.5. The standard InChI is InChI=1S/C24H34ClN7O/c1-31(2)22-18-5-3-4-6-20(18)29-24(30-22)28-16-8-10-17(11-9-16)32(23(27)33)21-13-15(14-26)7-12-19(21)25/h7,12-13,16-17H,3-6,8-11,14,26H2,1-2H3,(H2,27,33)(H,28,29,30)/t16-,17+. The predicted molar refractivity (Wildman–Crippen MR) is 134 cm³/mol. The molecule has 0 unspecified atom stereocenters. The fourth-order valence-corrected chi connectivity index (χ4v) is 5.24. The van der Waals surface area contributed by atoms with Gasteiger partial charge in [0, 0.05) is 38.3 Å². The van der Waals surface area contributed by atoms with Crippen molar-refractivity contribution in [1.82, 2.24) is 9.97 Å². The average molecular weight is 472 g/mol. The van der Waals surface area contributed by atoms with Gasteiger partial charge < -0.3 is 21.7 Å². The number of urea groups is 1. The molecule has 0 radical (unpaired) electrons. The number of aryl methyl sites for hydroxylation is 1. The molecule has 0 saturated heterocycles. The zero-order valence-corrected chi connectivity index (χ0v) is 20.2. The SMILES string of the molecule is CN(C)c1nc(N[C@H]2CC[C@@H](N(C(N)=O)c3cc(CN)ccc3Cl)CC2)nc2c1CCCC2. The van der Waals surface area contributed by atoms with E-state index in [-0.39, 0.29) is 12.1 Å². The molecule has 178 valence electrons. The molecule has 9 heteroatoms. The normalized spacial score (nSPS) is 20.1. The van der Waals surface area contributed by atoms with Crippen LogP contribution in [-0.4, -0.2) is 42.2 Å². The van der Waals surface area contributed by atoms with Gasteiger partial charge in [-0.1, -0.05) is 17.7 Å². The van der Waals surface area contributed by atoms with Gasteiger partial charge in [-0.3, -0.25) is 4.90 Å². The number of amides is 2. The number of carbonyl (C=O) groups excluding carboxylic acids is 1. The number of carbonyl (C=O) groups is 1. The molecule has 2 aromatic rings. The quantitative estimate of drug-likeness (QED) is 0.589. The zero-order valence-electron chi connectivity index (χ0n) is 19.5. The molecular weight excluding hydrogens is 438 g/mol. The summed E-state index contributed by atoms with van der Waals surface area (Å²) in [4.78, 5) is 25.8. The van der Waals surface area contributed by atoms with E-state index in [1.165, 1.54) is 24.1 Å². The van der Waals surface area contributed by atoms with Crippen LogP contribution >= 0.6 is 11.6 Å². The molecule has 33 heavy (non-hydrogen) atoms. The Kier molecular flexibility index (Phi) is 7.24. The van der Waals surface area contributed by atoms with E-state index < -0.39 is 6.03 Å². The highest BCUT2D eigenvalue weighted by molar-refractivity contribution is 6.33. The van der Waals surface area contributed by atoms with Crippen molar-refractivity contribution < 1.29 is 4.79 Å². The highest BCUT2D eigenvalue weighted by atomic mass is 35.5. The van der Waals surface area contributed by atoms with Gasteiger partial charge in [-0.2, -0.15) is 4.98 Å². The van der Waals surface area contributed by atoms with Gasteiger partial charge in [-0.25, -0.2) is 9.78 Å². The third-order valence-electron chi connectivity index (χ3n) is 6.72. The minimum atomic E-state index is -0.490. The molecule has 1 heterocycles. The van der Waals surface area contributed by atoms with E-state index in [0.717, 1.165) is 49.9 Å². The van der Waals surface area contributed by atoms with Crippen LogP contribution < -0.4 is 26.6 Å². The lowest BCUT2D eigenvalue weighted by Gasteiger charge is -2.37. The fraction of sp³-hybridized carbons (Fsp3) is 0.542. The minimum absolute atomic E-state index is 0.00661. The molecule has 8 nitrogen and oxygen atoms in total. The second kappa shape index (κ2) is 10.1. The van der Waals surface area contributed by atoms with Gasteiger partial charge in [0.2, 0.25) is 5.95 Å². The summed E-state index contributed by atoms with van der Waals surface area (Å²) in [6.45, 7) is 0.378. The van der Waals surface area contributed by atoms with Crippen LogP contribution in [0.5, 0.6) is 0 Å². The van der Waals surface area contributed by atoms with E-state index in [2.05, 4.69) is 10.2 Å². The molecule has 2 amide bonds. The van der Waals surface area contributed by atoms with Gasteiger partial charge in [0.05, 0.1) is 16.4 Å². The Labute approximate surface area is 200 Å². The highest BCUT2D eigenvalue weighted by Crippen LogP contribution is 2.34.